The van der Waals surface area contributed by atoms with Crippen molar-refractivity contribution >= 4 is 27.2 Å². The Kier molecular flexibility index (Phi) is 4.53. The summed E-state index contributed by atoms with van der Waals surface area (Å²) >= 11 is 4.92. The van der Waals surface area contributed by atoms with Crippen LogP contribution in [0.3, 0.4) is 0 Å². The number of hydrogen-bond acceptors (Lipinski definition) is 4. The second kappa shape index (κ2) is 6.17. The van der Waals surface area contributed by atoms with Gasteiger partial charge in [-0.25, -0.2) is 13.1 Å². The largest absolute Gasteiger partial charge is 0.472 e. The Morgan fingerprint density at radius 2 is 2.05 bits per heavy atom. The quantitative estimate of drug-likeness (QED) is 0.790. The highest BCUT2D eigenvalue weighted by Gasteiger charge is 2.15. The number of nitrogens with two attached hydrogens (primary N) is 1. The van der Waals surface area contributed by atoms with Crippen molar-refractivity contribution in [1.29, 1.82) is 0 Å². The van der Waals surface area contributed by atoms with Crippen LogP contribution in [-0.2, 0) is 22.3 Å². The van der Waals surface area contributed by atoms with Crippen LogP contribution < -0.4 is 10.5 Å². The van der Waals surface area contributed by atoms with Crippen molar-refractivity contribution < 1.29 is 12.8 Å². The van der Waals surface area contributed by atoms with Gasteiger partial charge in [0.15, 0.2) is 0 Å². The lowest BCUT2D eigenvalue weighted by atomic mass is 10.1. The van der Waals surface area contributed by atoms with Gasteiger partial charge < -0.3 is 10.2 Å². The van der Waals surface area contributed by atoms with Gasteiger partial charge in [0.2, 0.25) is 10.0 Å². The predicted octanol–water partition coefficient (Wildman–Crippen LogP) is 1.53. The van der Waals surface area contributed by atoms with Gasteiger partial charge in [0.05, 0.1) is 18.3 Å². The zero-order valence-corrected chi connectivity index (χ0v) is 12.2. The molecule has 1 heterocycles. The molecule has 0 aliphatic heterocycles. The van der Waals surface area contributed by atoms with Crippen LogP contribution in [0.4, 0.5) is 0 Å². The molecule has 0 saturated heterocycles. The molecule has 0 amide bonds. The van der Waals surface area contributed by atoms with E-state index in [1.807, 2.05) is 0 Å². The van der Waals surface area contributed by atoms with Gasteiger partial charge in [-0.15, -0.1) is 0 Å². The van der Waals surface area contributed by atoms with E-state index in [4.69, 9.17) is 22.4 Å². The van der Waals surface area contributed by atoms with Crippen molar-refractivity contribution in [2.45, 2.75) is 12.3 Å². The average Bonchev–Trinajstić information content (AvgIpc) is 2.89. The maximum atomic E-state index is 12.0. The third-order valence-electron chi connectivity index (χ3n) is 2.70. The summed E-state index contributed by atoms with van der Waals surface area (Å²) in [6.07, 6.45) is 2.98. The summed E-state index contributed by atoms with van der Waals surface area (Å²) in [6.45, 7) is 0.189. The van der Waals surface area contributed by atoms with E-state index in [1.165, 1.54) is 12.5 Å². The summed E-state index contributed by atoms with van der Waals surface area (Å²) in [6, 6.07) is 8.63. The highest BCUT2D eigenvalue weighted by Crippen LogP contribution is 2.12. The number of nitrogens with one attached hydrogen (secondary N) is 1. The Morgan fingerprint density at radius 3 is 2.70 bits per heavy atom. The van der Waals surface area contributed by atoms with Gasteiger partial charge in [-0.05, 0) is 11.6 Å². The van der Waals surface area contributed by atoms with Crippen molar-refractivity contribution in [3.63, 3.8) is 0 Å². The predicted molar refractivity (Wildman–Crippen MR) is 80.5 cm³/mol. The fourth-order valence-corrected chi connectivity index (χ4v) is 3.08. The molecule has 2 aromatic rings. The molecule has 5 nitrogen and oxygen atoms in total. The molecule has 106 valence electrons. The zero-order valence-electron chi connectivity index (χ0n) is 10.6. The van der Waals surface area contributed by atoms with Crippen molar-refractivity contribution in [2.24, 2.45) is 5.73 Å². The van der Waals surface area contributed by atoms with E-state index in [9.17, 15) is 8.42 Å². The number of furan rings is 1. The molecule has 1 aromatic carbocycles. The first-order chi connectivity index (χ1) is 9.48. The lowest BCUT2D eigenvalue weighted by Crippen LogP contribution is -2.25. The van der Waals surface area contributed by atoms with Crippen LogP contribution in [0.2, 0.25) is 0 Å². The Bertz CT molecular complexity index is 694. The van der Waals surface area contributed by atoms with Gasteiger partial charge in [-0.3, -0.25) is 0 Å². The number of thiocarbonyl (C=S) groups is 1. The first kappa shape index (κ1) is 14.7. The van der Waals surface area contributed by atoms with Crippen molar-refractivity contribution in [2.75, 3.05) is 0 Å². The molecule has 0 spiro atoms. The van der Waals surface area contributed by atoms with Crippen LogP contribution in [0, 0.1) is 0 Å². The SMILES string of the molecule is NC(=S)c1ccccc1CS(=O)(=O)NCc1ccoc1. The van der Waals surface area contributed by atoms with E-state index < -0.39 is 10.0 Å². The van der Waals surface area contributed by atoms with E-state index in [0.29, 0.717) is 11.1 Å². The fraction of sp³-hybridized carbons (Fsp3) is 0.154. The minimum atomic E-state index is -3.47. The van der Waals surface area contributed by atoms with E-state index in [1.54, 1.807) is 30.3 Å². The van der Waals surface area contributed by atoms with Crippen LogP contribution in [0.1, 0.15) is 16.7 Å². The van der Waals surface area contributed by atoms with E-state index in [2.05, 4.69) is 4.72 Å². The van der Waals surface area contributed by atoms with Gasteiger partial charge in [0.1, 0.15) is 4.99 Å². The molecule has 0 fully saturated rings. The molecular weight excluding hydrogens is 296 g/mol. The molecule has 0 atom stereocenters. The van der Waals surface area contributed by atoms with Crippen molar-refractivity contribution in [1.82, 2.24) is 4.72 Å². The first-order valence-corrected chi connectivity index (χ1v) is 7.90. The molecule has 0 aliphatic rings. The molecule has 0 aliphatic carbocycles. The van der Waals surface area contributed by atoms with Gasteiger partial charge in [-0.2, -0.15) is 0 Å². The maximum absolute atomic E-state index is 12.0. The fourth-order valence-electron chi connectivity index (χ4n) is 1.73. The van der Waals surface area contributed by atoms with Crippen LogP contribution in [0.15, 0.2) is 47.3 Å². The summed E-state index contributed by atoms with van der Waals surface area (Å²) in [4.78, 5) is 0.186. The number of benzene rings is 1. The number of hydrogen-bond donors (Lipinski definition) is 2. The smallest absolute Gasteiger partial charge is 0.216 e. The van der Waals surface area contributed by atoms with E-state index in [-0.39, 0.29) is 17.3 Å². The van der Waals surface area contributed by atoms with Crippen molar-refractivity contribution in [3.8, 4) is 0 Å². The zero-order chi connectivity index (χ0) is 14.6. The van der Waals surface area contributed by atoms with Crippen LogP contribution in [0.5, 0.6) is 0 Å². The molecule has 3 N–H and O–H groups in total. The minimum absolute atomic E-state index is 0.168. The molecule has 20 heavy (non-hydrogen) atoms. The summed E-state index contributed by atoms with van der Waals surface area (Å²) < 4.78 is 31.5. The van der Waals surface area contributed by atoms with Gasteiger partial charge in [0, 0.05) is 17.7 Å². The third-order valence-corrected chi connectivity index (χ3v) is 4.20. The van der Waals surface area contributed by atoms with E-state index in [0.717, 1.165) is 5.56 Å². The minimum Gasteiger partial charge on any atom is -0.472 e. The highest BCUT2D eigenvalue weighted by molar-refractivity contribution is 7.88. The molecule has 0 unspecified atom stereocenters. The van der Waals surface area contributed by atoms with Gasteiger partial charge >= 0.3 is 0 Å². The van der Waals surface area contributed by atoms with Crippen LogP contribution >= 0.6 is 12.2 Å². The molecular formula is C13H14N2O3S2. The number of rotatable bonds is 6. The summed E-state index contributed by atoms with van der Waals surface area (Å²) in [7, 11) is -3.47. The highest BCUT2D eigenvalue weighted by atomic mass is 32.2. The molecule has 0 saturated carbocycles. The molecule has 2 rings (SSSR count). The van der Waals surface area contributed by atoms with Crippen molar-refractivity contribution in [3.05, 3.63) is 59.5 Å². The first-order valence-electron chi connectivity index (χ1n) is 5.84. The Labute approximate surface area is 122 Å². The Balaban J connectivity index is 2.10. The second-order valence-corrected chi connectivity index (χ2v) is 6.48. The normalized spacial score (nSPS) is 11.4. The standard InChI is InChI=1S/C13H14N2O3S2/c14-13(19)12-4-2-1-3-11(12)9-20(16,17)15-7-10-5-6-18-8-10/h1-6,8,15H,7,9H2,(H2,14,19). The maximum Gasteiger partial charge on any atom is 0.216 e. The summed E-state index contributed by atoms with van der Waals surface area (Å²) in [5.74, 6) is -0.168. The van der Waals surface area contributed by atoms with Crippen LogP contribution in [-0.4, -0.2) is 13.4 Å². The molecule has 0 bridgehead atoms. The lowest BCUT2D eigenvalue weighted by Gasteiger charge is -2.09. The third kappa shape index (κ3) is 3.89. The van der Waals surface area contributed by atoms with E-state index >= 15 is 0 Å². The van der Waals surface area contributed by atoms with Gasteiger partial charge in [0.25, 0.3) is 0 Å². The monoisotopic (exact) mass is 310 g/mol. The lowest BCUT2D eigenvalue weighted by molar-refractivity contribution is 0.561. The molecule has 0 radical (unpaired) electrons. The Morgan fingerprint density at radius 1 is 1.30 bits per heavy atom. The summed E-state index contributed by atoms with van der Waals surface area (Å²) in [5, 5.41) is 0. The molecule has 7 heteroatoms. The van der Waals surface area contributed by atoms with Crippen LogP contribution in [0.25, 0.3) is 0 Å². The topological polar surface area (TPSA) is 85.3 Å². The second-order valence-electron chi connectivity index (χ2n) is 4.23. The average molecular weight is 310 g/mol. The molecule has 1 aromatic heterocycles. The Hall–Kier alpha value is -1.70. The van der Waals surface area contributed by atoms with Gasteiger partial charge in [-0.1, -0.05) is 36.5 Å². The number of sulfonamides is 1. The summed E-state index contributed by atoms with van der Waals surface area (Å²) in [5.41, 5.74) is 7.51.